The Hall–Kier alpha value is -2.35. The first kappa shape index (κ1) is 14.1. The number of nitro benzene ring substituents is 1. The molecule has 2 aromatic rings. The molecule has 1 heterocycles. The normalized spacial score (nSPS) is 10.8. The van der Waals surface area contributed by atoms with Gasteiger partial charge < -0.3 is 9.67 Å². The van der Waals surface area contributed by atoms with E-state index in [1.807, 2.05) is 6.92 Å². The van der Waals surface area contributed by atoms with Crippen LogP contribution in [0.1, 0.15) is 19.2 Å². The van der Waals surface area contributed by atoms with Gasteiger partial charge in [0.25, 0.3) is 5.69 Å². The van der Waals surface area contributed by atoms with Gasteiger partial charge in [-0.25, -0.2) is 4.39 Å². The van der Waals surface area contributed by atoms with Gasteiger partial charge in [-0.2, -0.15) is 0 Å². The van der Waals surface area contributed by atoms with Gasteiger partial charge in [0.15, 0.2) is 11.6 Å². The SMILES string of the molecule is CCCn1c(CO)nnc1-c1cc(F)cc([N+](=O)[O-])c1. The number of hydrogen-bond donors (Lipinski definition) is 1. The lowest BCUT2D eigenvalue weighted by molar-refractivity contribution is -0.385. The highest BCUT2D eigenvalue weighted by atomic mass is 19.1. The van der Waals surface area contributed by atoms with E-state index in [2.05, 4.69) is 10.2 Å². The second kappa shape index (κ2) is 5.74. The second-order valence-electron chi connectivity index (χ2n) is 4.20. The molecule has 0 bridgehead atoms. The minimum atomic E-state index is -0.717. The van der Waals surface area contributed by atoms with Crippen LogP contribution >= 0.6 is 0 Å². The molecule has 0 unspecified atom stereocenters. The van der Waals surface area contributed by atoms with Crippen LogP contribution in [0.2, 0.25) is 0 Å². The van der Waals surface area contributed by atoms with Crippen molar-refractivity contribution in [2.24, 2.45) is 0 Å². The van der Waals surface area contributed by atoms with Crippen molar-refractivity contribution in [2.45, 2.75) is 26.5 Å². The van der Waals surface area contributed by atoms with Crippen molar-refractivity contribution in [3.05, 3.63) is 40.0 Å². The molecule has 1 N–H and O–H groups in total. The van der Waals surface area contributed by atoms with Gasteiger partial charge in [0, 0.05) is 18.2 Å². The van der Waals surface area contributed by atoms with Gasteiger partial charge in [0.05, 0.1) is 11.0 Å². The van der Waals surface area contributed by atoms with Crippen LogP contribution in [0.3, 0.4) is 0 Å². The van der Waals surface area contributed by atoms with Crippen molar-refractivity contribution in [1.82, 2.24) is 14.8 Å². The minimum Gasteiger partial charge on any atom is -0.388 e. The molecule has 106 valence electrons. The van der Waals surface area contributed by atoms with Gasteiger partial charge in [-0.1, -0.05) is 6.92 Å². The van der Waals surface area contributed by atoms with Crippen LogP contribution in [-0.2, 0) is 13.2 Å². The summed E-state index contributed by atoms with van der Waals surface area (Å²) in [6, 6.07) is 3.24. The molecule has 20 heavy (non-hydrogen) atoms. The summed E-state index contributed by atoms with van der Waals surface area (Å²) in [6.07, 6.45) is 0.759. The number of non-ortho nitro benzene ring substituents is 1. The Kier molecular flexibility index (Phi) is 4.04. The number of nitro groups is 1. The van der Waals surface area contributed by atoms with Gasteiger partial charge in [-0.3, -0.25) is 10.1 Å². The third-order valence-electron chi connectivity index (χ3n) is 2.77. The van der Waals surface area contributed by atoms with Gasteiger partial charge in [0.2, 0.25) is 0 Å². The van der Waals surface area contributed by atoms with Crippen molar-refractivity contribution in [2.75, 3.05) is 0 Å². The summed E-state index contributed by atoms with van der Waals surface area (Å²) < 4.78 is 15.1. The molecule has 8 heteroatoms. The summed E-state index contributed by atoms with van der Waals surface area (Å²) in [4.78, 5) is 10.1. The molecule has 7 nitrogen and oxygen atoms in total. The lowest BCUT2D eigenvalue weighted by Gasteiger charge is -2.07. The van der Waals surface area contributed by atoms with Gasteiger partial charge in [-0.05, 0) is 12.5 Å². The van der Waals surface area contributed by atoms with Crippen molar-refractivity contribution in [3.63, 3.8) is 0 Å². The largest absolute Gasteiger partial charge is 0.388 e. The number of rotatable bonds is 5. The van der Waals surface area contributed by atoms with E-state index >= 15 is 0 Å². The van der Waals surface area contributed by atoms with E-state index in [1.165, 1.54) is 6.07 Å². The van der Waals surface area contributed by atoms with E-state index in [1.54, 1.807) is 4.57 Å². The van der Waals surface area contributed by atoms with E-state index in [4.69, 9.17) is 0 Å². The Morgan fingerprint density at radius 2 is 2.15 bits per heavy atom. The molecular weight excluding hydrogens is 267 g/mol. The molecule has 1 aromatic heterocycles. The summed E-state index contributed by atoms with van der Waals surface area (Å²) >= 11 is 0. The predicted octanol–water partition coefficient (Wildman–Crippen LogP) is 1.89. The first-order chi connectivity index (χ1) is 9.56. The van der Waals surface area contributed by atoms with Crippen LogP contribution in [0, 0.1) is 15.9 Å². The Morgan fingerprint density at radius 1 is 1.40 bits per heavy atom. The van der Waals surface area contributed by atoms with Crippen molar-refractivity contribution >= 4 is 5.69 Å². The molecule has 0 aliphatic rings. The summed E-state index contributed by atoms with van der Waals surface area (Å²) in [5, 5.41) is 27.6. The fourth-order valence-corrected chi connectivity index (χ4v) is 1.93. The average molecular weight is 280 g/mol. The highest BCUT2D eigenvalue weighted by Gasteiger charge is 2.17. The maximum Gasteiger partial charge on any atom is 0.273 e. The standard InChI is InChI=1S/C12H13FN4O3/c1-2-3-16-11(7-18)14-15-12(16)8-4-9(13)6-10(5-8)17(19)20/h4-6,18H,2-3,7H2,1H3. The van der Waals surface area contributed by atoms with E-state index in [0.717, 1.165) is 18.6 Å². The molecule has 1 aromatic carbocycles. The van der Waals surface area contributed by atoms with Gasteiger partial charge in [0.1, 0.15) is 12.4 Å². The number of hydrogen-bond acceptors (Lipinski definition) is 5. The fraction of sp³-hybridized carbons (Fsp3) is 0.333. The van der Waals surface area contributed by atoms with Crippen molar-refractivity contribution < 1.29 is 14.4 Å². The zero-order chi connectivity index (χ0) is 14.7. The molecule has 0 aliphatic carbocycles. The molecule has 0 atom stereocenters. The van der Waals surface area contributed by atoms with Crippen molar-refractivity contribution in [3.8, 4) is 11.4 Å². The highest BCUT2D eigenvalue weighted by Crippen LogP contribution is 2.25. The molecular formula is C12H13FN4O3. The highest BCUT2D eigenvalue weighted by molar-refractivity contribution is 5.59. The van der Waals surface area contributed by atoms with E-state index in [-0.39, 0.29) is 17.9 Å². The van der Waals surface area contributed by atoms with Crippen LogP contribution in [0.15, 0.2) is 18.2 Å². The van der Waals surface area contributed by atoms with Crippen LogP contribution in [0.25, 0.3) is 11.4 Å². The van der Waals surface area contributed by atoms with E-state index in [0.29, 0.717) is 18.2 Å². The molecule has 0 fully saturated rings. The quantitative estimate of drug-likeness (QED) is 0.666. The van der Waals surface area contributed by atoms with E-state index < -0.39 is 10.7 Å². The van der Waals surface area contributed by atoms with Crippen LogP contribution in [-0.4, -0.2) is 24.8 Å². The molecule has 0 spiro atoms. The first-order valence-corrected chi connectivity index (χ1v) is 6.05. The Morgan fingerprint density at radius 3 is 2.75 bits per heavy atom. The molecule has 0 saturated carbocycles. The Bertz CT molecular complexity index is 642. The third-order valence-corrected chi connectivity index (χ3v) is 2.77. The zero-order valence-corrected chi connectivity index (χ0v) is 10.8. The summed E-state index contributed by atoms with van der Waals surface area (Å²) in [5.74, 6) is -0.0712. The molecule has 2 rings (SSSR count). The van der Waals surface area contributed by atoms with Crippen molar-refractivity contribution in [1.29, 1.82) is 0 Å². The molecule has 0 amide bonds. The second-order valence-corrected chi connectivity index (χ2v) is 4.20. The predicted molar refractivity (Wildman–Crippen MR) is 68.3 cm³/mol. The topological polar surface area (TPSA) is 94.1 Å². The third kappa shape index (κ3) is 2.64. The summed E-state index contributed by atoms with van der Waals surface area (Å²) in [5.41, 5.74) is -0.0889. The van der Waals surface area contributed by atoms with Gasteiger partial charge >= 0.3 is 0 Å². The fourth-order valence-electron chi connectivity index (χ4n) is 1.93. The summed E-state index contributed by atoms with van der Waals surface area (Å²) in [6.45, 7) is 2.16. The number of nitrogens with zero attached hydrogens (tertiary/aromatic N) is 4. The number of aliphatic hydroxyl groups is 1. The lowest BCUT2D eigenvalue weighted by Crippen LogP contribution is -2.05. The van der Waals surface area contributed by atoms with Gasteiger partial charge in [-0.15, -0.1) is 10.2 Å². The number of benzene rings is 1. The Balaban J connectivity index is 2.56. The monoisotopic (exact) mass is 280 g/mol. The number of aromatic nitrogens is 3. The first-order valence-electron chi connectivity index (χ1n) is 6.05. The molecule has 0 radical (unpaired) electrons. The lowest BCUT2D eigenvalue weighted by atomic mass is 10.2. The maximum absolute atomic E-state index is 13.5. The maximum atomic E-state index is 13.5. The minimum absolute atomic E-state index is 0.261. The van der Waals surface area contributed by atoms with E-state index in [9.17, 15) is 19.6 Å². The zero-order valence-electron chi connectivity index (χ0n) is 10.8. The van der Waals surface area contributed by atoms with Crippen LogP contribution in [0.4, 0.5) is 10.1 Å². The Labute approximate surface area is 113 Å². The molecule has 0 aliphatic heterocycles. The van der Waals surface area contributed by atoms with Crippen LogP contribution < -0.4 is 0 Å². The molecule has 0 saturated heterocycles. The summed E-state index contributed by atoms with van der Waals surface area (Å²) in [7, 11) is 0. The van der Waals surface area contributed by atoms with Crippen LogP contribution in [0.5, 0.6) is 0 Å². The smallest absolute Gasteiger partial charge is 0.273 e. The average Bonchev–Trinajstić information content (AvgIpc) is 2.81. The number of aliphatic hydroxyl groups excluding tert-OH is 1. The number of halogens is 1.